The summed E-state index contributed by atoms with van der Waals surface area (Å²) in [6, 6.07) is 20.3. The SMILES string of the molecule is O=C(NCc1ccccc1)C1C(=O)N[C@@H](COCc2ccccc2)C(=O)N1Cc1cccnc1. The summed E-state index contributed by atoms with van der Waals surface area (Å²) in [6.07, 6.45) is 3.23. The maximum Gasteiger partial charge on any atom is 0.253 e. The van der Waals surface area contributed by atoms with Crippen molar-refractivity contribution in [3.8, 4) is 0 Å². The van der Waals surface area contributed by atoms with Gasteiger partial charge in [-0.3, -0.25) is 19.4 Å². The number of hydrogen-bond acceptors (Lipinski definition) is 5. The molecule has 1 saturated heterocycles. The molecule has 2 heterocycles. The smallest absolute Gasteiger partial charge is 0.253 e. The molecule has 2 N–H and O–H groups in total. The van der Waals surface area contributed by atoms with Crippen molar-refractivity contribution in [2.45, 2.75) is 31.8 Å². The molecule has 34 heavy (non-hydrogen) atoms. The Bertz CT molecular complexity index is 1110. The van der Waals surface area contributed by atoms with E-state index in [1.165, 1.54) is 4.90 Å². The second kappa shape index (κ2) is 11.2. The standard InChI is InChI=1S/C26H26N4O4/c31-24(28-15-19-8-3-1-4-9-19)23-25(32)29-22(18-34-17-20-10-5-2-6-11-20)26(33)30(23)16-21-12-7-13-27-14-21/h1-14,22-23H,15-18H2,(H,28,31)(H,29,32)/t22-,23?/m0/s1. The third-order valence-electron chi connectivity index (χ3n) is 5.49. The summed E-state index contributed by atoms with van der Waals surface area (Å²) in [6.45, 7) is 0.645. The predicted octanol–water partition coefficient (Wildman–Crippen LogP) is 1.81. The maximum atomic E-state index is 13.3. The summed E-state index contributed by atoms with van der Waals surface area (Å²) in [5.74, 6) is -1.46. The van der Waals surface area contributed by atoms with E-state index in [9.17, 15) is 14.4 Å². The van der Waals surface area contributed by atoms with Crippen LogP contribution in [0.25, 0.3) is 0 Å². The number of carbonyl (C=O) groups is 3. The molecule has 3 amide bonds. The Morgan fingerprint density at radius 1 is 0.941 bits per heavy atom. The molecular formula is C26H26N4O4. The van der Waals surface area contributed by atoms with Gasteiger partial charge >= 0.3 is 0 Å². The van der Waals surface area contributed by atoms with Crippen LogP contribution in [0.5, 0.6) is 0 Å². The molecule has 0 aliphatic carbocycles. The number of piperazine rings is 1. The summed E-state index contributed by atoms with van der Waals surface area (Å²) >= 11 is 0. The first-order valence-electron chi connectivity index (χ1n) is 11.0. The van der Waals surface area contributed by atoms with Gasteiger partial charge in [-0.2, -0.15) is 0 Å². The Labute approximate surface area is 198 Å². The van der Waals surface area contributed by atoms with Crippen molar-refractivity contribution in [1.82, 2.24) is 20.5 Å². The van der Waals surface area contributed by atoms with Gasteiger partial charge in [-0.1, -0.05) is 66.7 Å². The summed E-state index contributed by atoms with van der Waals surface area (Å²) in [5, 5.41) is 5.44. The molecule has 8 nitrogen and oxygen atoms in total. The molecule has 1 fully saturated rings. The fraction of sp³-hybridized carbons (Fsp3) is 0.231. The molecule has 4 rings (SSSR count). The molecule has 1 unspecified atom stereocenters. The van der Waals surface area contributed by atoms with Crippen molar-refractivity contribution in [2.24, 2.45) is 0 Å². The van der Waals surface area contributed by atoms with E-state index in [1.807, 2.05) is 60.7 Å². The van der Waals surface area contributed by atoms with E-state index in [0.29, 0.717) is 6.61 Å². The first-order chi connectivity index (χ1) is 16.6. The fourth-order valence-electron chi connectivity index (χ4n) is 3.76. The highest BCUT2D eigenvalue weighted by molar-refractivity contribution is 6.10. The lowest BCUT2D eigenvalue weighted by Crippen LogP contribution is -2.67. The van der Waals surface area contributed by atoms with E-state index in [1.54, 1.807) is 24.5 Å². The molecule has 1 aromatic heterocycles. The molecule has 1 aliphatic rings. The molecule has 0 saturated carbocycles. The second-order valence-corrected chi connectivity index (χ2v) is 8.00. The molecular weight excluding hydrogens is 432 g/mol. The van der Waals surface area contributed by atoms with Crippen molar-refractivity contribution in [3.63, 3.8) is 0 Å². The molecule has 3 aromatic rings. The minimum absolute atomic E-state index is 0.00135. The minimum Gasteiger partial charge on any atom is -0.374 e. The lowest BCUT2D eigenvalue weighted by molar-refractivity contribution is -0.156. The van der Waals surface area contributed by atoms with E-state index in [0.717, 1.165) is 16.7 Å². The Morgan fingerprint density at radius 3 is 2.29 bits per heavy atom. The van der Waals surface area contributed by atoms with Crippen LogP contribution in [0.2, 0.25) is 0 Å². The number of ether oxygens (including phenoxy) is 1. The van der Waals surface area contributed by atoms with Crippen LogP contribution in [0.3, 0.4) is 0 Å². The number of amides is 3. The maximum absolute atomic E-state index is 13.3. The normalized spacial score (nSPS) is 17.8. The molecule has 2 aromatic carbocycles. The highest BCUT2D eigenvalue weighted by Crippen LogP contribution is 2.16. The molecule has 2 atom stereocenters. The summed E-state index contributed by atoms with van der Waals surface area (Å²) < 4.78 is 5.70. The molecule has 1 aliphatic heterocycles. The highest BCUT2D eigenvalue weighted by atomic mass is 16.5. The van der Waals surface area contributed by atoms with E-state index < -0.39 is 23.9 Å². The van der Waals surface area contributed by atoms with E-state index in [-0.39, 0.29) is 25.6 Å². The third-order valence-corrected chi connectivity index (χ3v) is 5.49. The number of rotatable bonds is 9. The first kappa shape index (κ1) is 23.1. The van der Waals surface area contributed by atoms with E-state index in [4.69, 9.17) is 4.74 Å². The monoisotopic (exact) mass is 458 g/mol. The average molecular weight is 459 g/mol. The third kappa shape index (κ3) is 5.85. The number of pyridine rings is 1. The number of carbonyl (C=O) groups excluding carboxylic acids is 3. The van der Waals surface area contributed by atoms with Gasteiger partial charge in [0.2, 0.25) is 5.91 Å². The van der Waals surface area contributed by atoms with Gasteiger partial charge in [0.25, 0.3) is 11.8 Å². The molecule has 174 valence electrons. The summed E-state index contributed by atoms with van der Waals surface area (Å²) in [5.41, 5.74) is 2.57. The van der Waals surface area contributed by atoms with Gasteiger partial charge in [0.15, 0.2) is 6.04 Å². The number of benzene rings is 2. The van der Waals surface area contributed by atoms with E-state index in [2.05, 4.69) is 15.6 Å². The molecule has 0 radical (unpaired) electrons. The van der Waals surface area contributed by atoms with Crippen LogP contribution >= 0.6 is 0 Å². The number of aromatic nitrogens is 1. The van der Waals surface area contributed by atoms with Crippen LogP contribution in [0.4, 0.5) is 0 Å². The van der Waals surface area contributed by atoms with Gasteiger partial charge in [-0.25, -0.2) is 0 Å². The molecule has 0 spiro atoms. The first-order valence-corrected chi connectivity index (χ1v) is 11.0. The Hall–Kier alpha value is -4.04. The minimum atomic E-state index is -1.29. The Balaban J connectivity index is 1.46. The lowest BCUT2D eigenvalue weighted by Gasteiger charge is -2.38. The average Bonchev–Trinajstić information content (AvgIpc) is 2.87. The highest BCUT2D eigenvalue weighted by Gasteiger charge is 2.44. The lowest BCUT2D eigenvalue weighted by atomic mass is 10.1. The van der Waals surface area contributed by atoms with Gasteiger partial charge in [0.1, 0.15) is 6.04 Å². The topological polar surface area (TPSA) is 101 Å². The van der Waals surface area contributed by atoms with Crippen LogP contribution in [0.1, 0.15) is 16.7 Å². The van der Waals surface area contributed by atoms with Crippen molar-refractivity contribution in [2.75, 3.05) is 6.61 Å². The number of hydrogen-bond donors (Lipinski definition) is 2. The van der Waals surface area contributed by atoms with Gasteiger partial charge in [-0.05, 0) is 22.8 Å². The Kier molecular flexibility index (Phi) is 7.62. The zero-order chi connectivity index (χ0) is 23.8. The zero-order valence-electron chi connectivity index (χ0n) is 18.6. The number of nitrogens with one attached hydrogen (secondary N) is 2. The largest absolute Gasteiger partial charge is 0.374 e. The number of nitrogens with zero attached hydrogens (tertiary/aromatic N) is 2. The van der Waals surface area contributed by atoms with E-state index >= 15 is 0 Å². The van der Waals surface area contributed by atoms with Crippen LogP contribution in [0.15, 0.2) is 85.2 Å². The molecule has 0 bridgehead atoms. The van der Waals surface area contributed by atoms with Crippen molar-refractivity contribution < 1.29 is 19.1 Å². The van der Waals surface area contributed by atoms with Crippen LogP contribution < -0.4 is 10.6 Å². The summed E-state index contributed by atoms with van der Waals surface area (Å²) in [4.78, 5) is 44.7. The predicted molar refractivity (Wildman–Crippen MR) is 125 cm³/mol. The van der Waals surface area contributed by atoms with Gasteiger partial charge < -0.3 is 20.3 Å². The van der Waals surface area contributed by atoms with Crippen molar-refractivity contribution in [3.05, 3.63) is 102 Å². The van der Waals surface area contributed by atoms with Gasteiger partial charge in [0, 0.05) is 25.5 Å². The van der Waals surface area contributed by atoms with Crippen LogP contribution in [0, 0.1) is 0 Å². The van der Waals surface area contributed by atoms with Gasteiger partial charge in [-0.15, -0.1) is 0 Å². The zero-order valence-corrected chi connectivity index (χ0v) is 18.6. The van der Waals surface area contributed by atoms with Crippen molar-refractivity contribution >= 4 is 17.7 Å². The van der Waals surface area contributed by atoms with Crippen LogP contribution in [-0.4, -0.2) is 46.3 Å². The fourth-order valence-corrected chi connectivity index (χ4v) is 3.76. The molecule has 8 heteroatoms. The van der Waals surface area contributed by atoms with Crippen LogP contribution in [-0.2, 0) is 38.8 Å². The van der Waals surface area contributed by atoms with Gasteiger partial charge in [0.05, 0.1) is 13.2 Å². The van der Waals surface area contributed by atoms with Crippen molar-refractivity contribution in [1.29, 1.82) is 0 Å². The second-order valence-electron chi connectivity index (χ2n) is 8.00. The Morgan fingerprint density at radius 2 is 1.62 bits per heavy atom. The quantitative estimate of drug-likeness (QED) is 0.477. The summed E-state index contributed by atoms with van der Waals surface area (Å²) in [7, 11) is 0.